The van der Waals surface area contributed by atoms with E-state index < -0.39 is 175 Å². The first-order valence-corrected chi connectivity index (χ1v) is 44.3. The highest BCUT2D eigenvalue weighted by molar-refractivity contribution is 6.00. The number of aromatic amines is 1. The first-order valence-electron chi connectivity index (χ1n) is 44.3. The number of ether oxygens (including phenoxy) is 2. The second-order valence-corrected chi connectivity index (χ2v) is 32.6. The fraction of sp³-hybridized carbons (Fsp3) is 0.563. The molecule has 4 aliphatic rings. The summed E-state index contributed by atoms with van der Waals surface area (Å²) >= 11 is 0. The fourth-order valence-electron chi connectivity index (χ4n) is 15.1. The van der Waals surface area contributed by atoms with Crippen molar-refractivity contribution in [2.45, 2.75) is 152 Å². The summed E-state index contributed by atoms with van der Waals surface area (Å²) in [5.74, 6) is -17.0. The number of nitrogens with one attached hydrogen (secondary N) is 12. The van der Waals surface area contributed by atoms with Crippen LogP contribution in [0.25, 0.3) is 10.9 Å². The summed E-state index contributed by atoms with van der Waals surface area (Å²) in [6.45, 7) is 2.54. The van der Waals surface area contributed by atoms with Crippen molar-refractivity contribution in [3.05, 3.63) is 107 Å². The third kappa shape index (κ3) is 38.7. The molecule has 14 amide bonds. The lowest BCUT2D eigenvalue weighted by molar-refractivity contribution is -0.192. The van der Waals surface area contributed by atoms with Crippen molar-refractivity contribution in [1.29, 1.82) is 0 Å². The number of aliphatic carboxylic acids is 5. The van der Waals surface area contributed by atoms with Gasteiger partial charge in [0.05, 0.1) is 72.1 Å². The molecule has 7 atom stereocenters. The number of halogens is 3. The van der Waals surface area contributed by atoms with E-state index in [1.165, 1.54) is 11.9 Å². The zero-order chi connectivity index (χ0) is 97.8. The summed E-state index contributed by atoms with van der Waals surface area (Å²) in [6.07, 6.45) is -2.03. The van der Waals surface area contributed by atoms with Gasteiger partial charge in [-0.25, -0.2) is 9.59 Å². The Bertz CT molecular complexity index is 4610. The first kappa shape index (κ1) is 108. The number of likely N-dealkylation sites (N-methyl/N-ethyl adjacent to an activating group) is 1. The quantitative estimate of drug-likeness (QED) is 0.0206. The van der Waals surface area contributed by atoms with Crippen molar-refractivity contribution in [2.75, 3.05) is 164 Å². The van der Waals surface area contributed by atoms with Crippen LogP contribution in [0.3, 0.4) is 0 Å². The topological polar surface area (TPSA) is 598 Å². The number of urea groups is 1. The van der Waals surface area contributed by atoms with Gasteiger partial charge >= 0.3 is 42.1 Å². The van der Waals surface area contributed by atoms with Crippen LogP contribution in [0.15, 0.2) is 85.1 Å². The van der Waals surface area contributed by atoms with E-state index in [-0.39, 0.29) is 156 Å². The van der Waals surface area contributed by atoms with Gasteiger partial charge in [-0.3, -0.25) is 96.3 Å². The molecule has 0 spiro atoms. The second-order valence-electron chi connectivity index (χ2n) is 32.6. The standard InChI is InChI=1S/C85H121N19O23.C2HF3O2/c1-3-4-5-9-19-63-80(120)95-65(44-59-47-88-61-18-11-10-17-60(59)61)78(118)91-49-70(106)93-62(20-12-13-26-87-85(125)103-37-35-102(36-38-103)54-77(116)117)79(119)97-66(45-74(110)111)84(124)104-28-14-21-67(104)82(122)92-48-69(105)90-50-73(109)98(2)68(43-56-15-7-6-8-16-56)83(123)96-64(81(121)94-63)42-57-22-24-58(25-23-57)46-89-72(108)55-127-41-40-126-39-27-86-71(107)51-99-29-31-100(52-75(112)113)33-34-101(32-30-99)53-76(114)115;3-2(4,5)1(6)7/h6-8,10-11,15-18,22-25,47,62-68,88H,3-5,9,12-14,19-21,26-46,48-55H2,1-2H3,(H,86,107)(H,87,125)(H,89,108)(H,90,105)(H,91,118)(H,92,122)(H,93,106)(H,94,121)(H,95,120)(H,96,123)(H,97,119)(H,110,111)(H,112,113)(H,114,115)(H,116,117);(H,6,7)/t62-,63-,64-,65-,66-,67+,68-;/m0./s1. The van der Waals surface area contributed by atoms with E-state index in [2.05, 4.69) is 63.5 Å². The fourth-order valence-corrected chi connectivity index (χ4v) is 15.1. The van der Waals surface area contributed by atoms with Crippen LogP contribution in [0.2, 0.25) is 0 Å². The minimum atomic E-state index is -5.08. The number of carboxylic acid groups (broad SMARTS) is 5. The van der Waals surface area contributed by atoms with Crippen molar-refractivity contribution >= 4 is 118 Å². The van der Waals surface area contributed by atoms with Crippen molar-refractivity contribution in [3.63, 3.8) is 0 Å². The Morgan fingerprint density at radius 1 is 0.470 bits per heavy atom. The molecule has 3 aromatic carbocycles. The number of fused-ring (bicyclic) bond motifs is 2. The summed E-state index contributed by atoms with van der Waals surface area (Å²) in [4.78, 5) is 255. The highest BCUT2D eigenvalue weighted by atomic mass is 19.4. The van der Waals surface area contributed by atoms with E-state index in [9.17, 15) is 101 Å². The second kappa shape index (κ2) is 56.1. The Labute approximate surface area is 770 Å². The van der Waals surface area contributed by atoms with E-state index in [0.29, 0.717) is 98.4 Å². The molecule has 134 heavy (non-hydrogen) atoms. The van der Waals surface area contributed by atoms with Gasteiger partial charge in [-0.05, 0) is 66.8 Å². The predicted molar refractivity (Wildman–Crippen MR) is 471 cm³/mol. The van der Waals surface area contributed by atoms with Crippen LogP contribution in [0.4, 0.5) is 18.0 Å². The molecule has 17 N–H and O–H groups in total. The van der Waals surface area contributed by atoms with Gasteiger partial charge in [0, 0.05) is 135 Å². The average Bonchev–Trinajstić information content (AvgIpc) is 1.43. The minimum Gasteiger partial charge on any atom is -0.481 e. The molecular formula is C87H122F3N19O25. The number of amides is 14. The molecule has 736 valence electrons. The third-order valence-electron chi connectivity index (χ3n) is 22.4. The predicted octanol–water partition coefficient (Wildman–Crippen LogP) is -2.69. The summed E-state index contributed by atoms with van der Waals surface area (Å²) < 4.78 is 42.9. The normalized spacial score (nSPS) is 20.6. The highest BCUT2D eigenvalue weighted by Gasteiger charge is 2.42. The molecule has 5 heterocycles. The van der Waals surface area contributed by atoms with Crippen LogP contribution in [0.5, 0.6) is 0 Å². The molecule has 0 unspecified atom stereocenters. The lowest BCUT2D eigenvalue weighted by atomic mass is 9.99. The van der Waals surface area contributed by atoms with E-state index >= 15 is 14.4 Å². The number of carbonyl (C=O) groups is 18. The minimum absolute atomic E-state index is 0.00608. The van der Waals surface area contributed by atoms with Gasteiger partial charge in [0.2, 0.25) is 70.9 Å². The van der Waals surface area contributed by atoms with Crippen LogP contribution < -0.4 is 58.5 Å². The Balaban J connectivity index is 0.00000336. The zero-order valence-electron chi connectivity index (χ0n) is 74.9. The summed E-state index contributed by atoms with van der Waals surface area (Å²) in [7, 11) is 1.32. The van der Waals surface area contributed by atoms with Gasteiger partial charge in [0.25, 0.3) is 0 Å². The van der Waals surface area contributed by atoms with Crippen molar-refractivity contribution in [3.8, 4) is 0 Å². The number of unbranched alkanes of at least 4 members (excludes halogenated alkanes) is 4. The number of hydrogen-bond acceptors (Lipinski definition) is 24. The Morgan fingerprint density at radius 3 is 1.60 bits per heavy atom. The van der Waals surface area contributed by atoms with Gasteiger partial charge in [-0.2, -0.15) is 13.2 Å². The Morgan fingerprint density at radius 2 is 0.993 bits per heavy atom. The molecule has 1 aromatic heterocycles. The number of H-pyrrole nitrogens is 1. The van der Waals surface area contributed by atoms with Crippen LogP contribution in [0.1, 0.15) is 99.8 Å². The first-order chi connectivity index (χ1) is 63.9. The van der Waals surface area contributed by atoms with Gasteiger partial charge in [0.1, 0.15) is 48.9 Å². The molecule has 0 radical (unpaired) electrons. The lowest BCUT2D eigenvalue weighted by Crippen LogP contribution is -2.60. The molecular weight excluding hydrogens is 1770 g/mol. The molecule has 4 aliphatic heterocycles. The number of carboxylic acids is 5. The lowest BCUT2D eigenvalue weighted by Gasteiger charge is -2.33. The number of carbonyl (C=O) groups excluding carboxylic acids is 13. The van der Waals surface area contributed by atoms with Crippen molar-refractivity contribution < 1.29 is 134 Å². The number of para-hydroxylation sites is 1. The van der Waals surface area contributed by atoms with E-state index in [1.807, 2.05) is 11.8 Å². The van der Waals surface area contributed by atoms with Crippen LogP contribution in [-0.4, -0.2) is 384 Å². The molecule has 0 bridgehead atoms. The number of alkyl halides is 3. The summed E-state index contributed by atoms with van der Waals surface area (Å²) in [6, 6.07) is 11.6. The number of hydrogen-bond donors (Lipinski definition) is 17. The Kier molecular flexibility index (Phi) is 45.3. The highest BCUT2D eigenvalue weighted by Crippen LogP contribution is 2.23. The Hall–Kier alpha value is -13.0. The maximum absolute atomic E-state index is 15.4. The number of aromatic nitrogens is 1. The monoisotopic (exact) mass is 1890 g/mol. The molecule has 0 saturated carbocycles. The third-order valence-corrected chi connectivity index (χ3v) is 22.4. The summed E-state index contributed by atoms with van der Waals surface area (Å²) in [5, 5.41) is 75.4. The smallest absolute Gasteiger partial charge is 0.481 e. The van der Waals surface area contributed by atoms with Gasteiger partial charge < -0.3 is 113 Å². The maximum Gasteiger partial charge on any atom is 0.490 e. The zero-order valence-corrected chi connectivity index (χ0v) is 74.9. The number of benzene rings is 3. The average molecular weight is 1890 g/mol. The SMILES string of the molecule is CCCCCC[C@@H]1NC(=O)[C@H](Cc2ccc(CNC(=O)COCCOCCNC(=O)CN3CCN(CC(=O)O)CCN(CC(=O)O)CC3)cc2)NC(=O)[C@H](Cc2ccccc2)N(C)C(=O)CNC(=O)CNC(=O)[C@H]2CCCN2C(=O)[C@H](CC(=O)O)NC(=O)[C@H](CCCCNC(=O)N2CCN(CC(=O)O)CC2)NC(=O)CNC(=O)[C@H](Cc2c[nH]c3ccccc23)NC1=O.O=C(O)C(F)(F)F. The molecule has 47 heteroatoms. The van der Waals surface area contributed by atoms with Gasteiger partial charge in [-0.1, -0.05) is 105 Å². The van der Waals surface area contributed by atoms with E-state index in [4.69, 9.17) is 19.4 Å². The van der Waals surface area contributed by atoms with Crippen LogP contribution in [0, 0.1) is 0 Å². The molecule has 4 saturated heterocycles. The molecule has 0 aliphatic carbocycles. The maximum atomic E-state index is 15.4. The molecule has 4 aromatic rings. The molecule has 8 rings (SSSR count). The van der Waals surface area contributed by atoms with Gasteiger partial charge in [0.15, 0.2) is 0 Å². The number of piperazine rings is 1. The van der Waals surface area contributed by atoms with Gasteiger partial charge in [-0.15, -0.1) is 0 Å². The molecule has 4 fully saturated rings. The van der Waals surface area contributed by atoms with E-state index in [0.717, 1.165) is 22.6 Å². The van der Waals surface area contributed by atoms with Crippen LogP contribution in [-0.2, 0) is 117 Å². The number of nitrogens with zero attached hydrogens (tertiary/aromatic N) is 7. The van der Waals surface area contributed by atoms with Crippen molar-refractivity contribution in [2.24, 2.45) is 0 Å². The van der Waals surface area contributed by atoms with Crippen LogP contribution >= 0.6 is 0 Å². The number of rotatable bonds is 36. The van der Waals surface area contributed by atoms with Crippen molar-refractivity contribution in [1.82, 2.24) is 97.8 Å². The van der Waals surface area contributed by atoms with E-state index in [1.54, 1.807) is 99.8 Å². The summed E-state index contributed by atoms with van der Waals surface area (Å²) in [5.41, 5.74) is 2.90. The largest absolute Gasteiger partial charge is 0.490 e. The molecule has 44 nitrogen and oxygen atoms in total.